The molecule has 0 saturated heterocycles. The Labute approximate surface area is 176 Å². The summed E-state index contributed by atoms with van der Waals surface area (Å²) in [6.07, 6.45) is 5.37. The Balaban J connectivity index is 1.95. The van der Waals surface area contributed by atoms with Gasteiger partial charge in [0.15, 0.2) is 0 Å². The average Bonchev–Trinajstić information content (AvgIpc) is 2.74. The predicted octanol–water partition coefficient (Wildman–Crippen LogP) is 5.65. The number of phenols is 2. The molecule has 0 aliphatic rings. The number of benzene rings is 3. The van der Waals surface area contributed by atoms with Gasteiger partial charge in [0.05, 0.1) is 19.9 Å². The van der Waals surface area contributed by atoms with Crippen LogP contribution < -0.4 is 9.47 Å². The number of aromatic hydroxyl groups is 2. The molecule has 5 nitrogen and oxygen atoms in total. The molecule has 0 bridgehead atoms. The molecule has 0 aliphatic heterocycles. The van der Waals surface area contributed by atoms with Gasteiger partial charge in [-0.2, -0.15) is 0 Å². The third kappa shape index (κ3) is 4.81. The zero-order valence-electron chi connectivity index (χ0n) is 17.5. The zero-order valence-corrected chi connectivity index (χ0v) is 17.5. The first-order chi connectivity index (χ1) is 14.4. The summed E-state index contributed by atoms with van der Waals surface area (Å²) in [5.41, 5.74) is 5.19. The van der Waals surface area contributed by atoms with Crippen LogP contribution in [-0.4, -0.2) is 30.6 Å². The Bertz CT molecular complexity index is 1030. The molecule has 0 heterocycles. The largest absolute Gasteiger partial charge is 0.507 e. The van der Waals surface area contributed by atoms with Crippen molar-refractivity contribution in [1.29, 1.82) is 0 Å². The first kappa shape index (κ1) is 21.0. The number of phenolic OH excluding ortho intramolecular Hbond substituents is 2. The summed E-state index contributed by atoms with van der Waals surface area (Å²) in [6, 6.07) is 14.3. The van der Waals surface area contributed by atoms with Gasteiger partial charge in [-0.05, 0) is 61.4 Å². The second-order valence-corrected chi connectivity index (χ2v) is 6.94. The van der Waals surface area contributed by atoms with Crippen LogP contribution in [0.4, 0.5) is 5.69 Å². The lowest BCUT2D eigenvalue weighted by molar-refractivity contribution is 0.407. The van der Waals surface area contributed by atoms with Crippen LogP contribution in [0.1, 0.15) is 27.8 Å². The Morgan fingerprint density at radius 2 is 1.23 bits per heavy atom. The molecule has 0 aliphatic carbocycles. The van der Waals surface area contributed by atoms with Crippen LogP contribution in [0.2, 0.25) is 0 Å². The maximum atomic E-state index is 10.2. The molecule has 30 heavy (non-hydrogen) atoms. The molecule has 3 aromatic rings. The molecule has 0 spiro atoms. The number of hydrogen-bond acceptors (Lipinski definition) is 5. The van der Waals surface area contributed by atoms with Crippen molar-refractivity contribution in [2.75, 3.05) is 14.2 Å². The first-order valence-electron chi connectivity index (χ1n) is 9.48. The number of aliphatic imine (C=N–C) groups is 1. The molecule has 0 radical (unpaired) electrons. The smallest absolute Gasteiger partial charge is 0.128 e. The highest BCUT2D eigenvalue weighted by molar-refractivity contribution is 5.87. The van der Waals surface area contributed by atoms with Crippen LogP contribution in [0.25, 0.3) is 12.2 Å². The summed E-state index contributed by atoms with van der Waals surface area (Å²) in [5, 5.41) is 20.4. The molecule has 0 fully saturated rings. The van der Waals surface area contributed by atoms with Crippen molar-refractivity contribution in [3.05, 3.63) is 76.3 Å². The molecule has 5 heteroatoms. The van der Waals surface area contributed by atoms with E-state index in [0.29, 0.717) is 22.6 Å². The molecule has 3 aromatic carbocycles. The van der Waals surface area contributed by atoms with Gasteiger partial charge in [0.25, 0.3) is 0 Å². The molecule has 0 amide bonds. The summed E-state index contributed by atoms with van der Waals surface area (Å²) in [7, 11) is 3.11. The van der Waals surface area contributed by atoms with Gasteiger partial charge in [0, 0.05) is 35.0 Å². The van der Waals surface area contributed by atoms with E-state index >= 15 is 0 Å². The van der Waals surface area contributed by atoms with Gasteiger partial charge >= 0.3 is 0 Å². The van der Waals surface area contributed by atoms with E-state index in [0.717, 1.165) is 22.4 Å². The number of hydrogen-bond donors (Lipinski definition) is 2. The van der Waals surface area contributed by atoms with E-state index in [2.05, 4.69) is 4.99 Å². The van der Waals surface area contributed by atoms with Gasteiger partial charge < -0.3 is 19.7 Å². The molecule has 3 rings (SSSR count). The minimum absolute atomic E-state index is 0.0992. The van der Waals surface area contributed by atoms with Crippen molar-refractivity contribution in [2.24, 2.45) is 4.99 Å². The van der Waals surface area contributed by atoms with Crippen molar-refractivity contribution in [3.63, 3.8) is 0 Å². The summed E-state index contributed by atoms with van der Waals surface area (Å²) in [4.78, 5) is 4.60. The third-order valence-electron chi connectivity index (χ3n) is 4.90. The molecular weight excluding hydrogens is 378 g/mol. The Kier molecular flexibility index (Phi) is 6.42. The Hall–Kier alpha value is -3.73. The van der Waals surface area contributed by atoms with E-state index in [9.17, 15) is 10.2 Å². The predicted molar refractivity (Wildman–Crippen MR) is 121 cm³/mol. The lowest BCUT2D eigenvalue weighted by Gasteiger charge is -2.08. The van der Waals surface area contributed by atoms with Gasteiger partial charge in [-0.3, -0.25) is 4.99 Å². The lowest BCUT2D eigenvalue weighted by atomic mass is 10.0. The quantitative estimate of drug-likeness (QED) is 0.412. The summed E-state index contributed by atoms with van der Waals surface area (Å²) < 4.78 is 10.2. The zero-order chi connectivity index (χ0) is 21.7. The van der Waals surface area contributed by atoms with Crippen LogP contribution >= 0.6 is 0 Å². The van der Waals surface area contributed by atoms with Gasteiger partial charge in [0.2, 0.25) is 0 Å². The highest BCUT2D eigenvalue weighted by atomic mass is 16.5. The first-order valence-corrected chi connectivity index (χ1v) is 9.48. The minimum atomic E-state index is 0.0992. The van der Waals surface area contributed by atoms with Crippen LogP contribution in [0.3, 0.4) is 0 Å². The van der Waals surface area contributed by atoms with Crippen LogP contribution in [-0.2, 0) is 0 Å². The number of methoxy groups -OCH3 is 2. The highest BCUT2D eigenvalue weighted by Crippen LogP contribution is 2.29. The fourth-order valence-electron chi connectivity index (χ4n) is 2.94. The highest BCUT2D eigenvalue weighted by Gasteiger charge is 2.05. The number of rotatable bonds is 6. The molecule has 154 valence electrons. The maximum Gasteiger partial charge on any atom is 0.128 e. The van der Waals surface area contributed by atoms with Gasteiger partial charge in [-0.1, -0.05) is 12.2 Å². The molecule has 0 aromatic heterocycles. The van der Waals surface area contributed by atoms with E-state index in [1.165, 1.54) is 0 Å². The standard InChI is InChI=1S/C25H25NO4/c1-16-11-19(6-5-18-7-9-21(29-3)13-24(18)27)23(12-17(16)2)26-15-20-8-10-22(30-4)14-25(20)28/h5-15,27-28H,1-4H3/b6-5+,26-15?. The second-order valence-electron chi connectivity index (χ2n) is 6.94. The van der Waals surface area contributed by atoms with Crippen molar-refractivity contribution < 1.29 is 19.7 Å². The second kappa shape index (κ2) is 9.18. The van der Waals surface area contributed by atoms with Gasteiger partial charge in [0.1, 0.15) is 23.0 Å². The molecule has 2 N–H and O–H groups in total. The fraction of sp³-hybridized carbons (Fsp3) is 0.160. The van der Waals surface area contributed by atoms with Crippen LogP contribution in [0, 0.1) is 13.8 Å². The van der Waals surface area contributed by atoms with Crippen molar-refractivity contribution in [3.8, 4) is 23.0 Å². The van der Waals surface area contributed by atoms with E-state index in [1.807, 2.05) is 38.1 Å². The topological polar surface area (TPSA) is 71.3 Å². The van der Waals surface area contributed by atoms with E-state index < -0.39 is 0 Å². The van der Waals surface area contributed by atoms with Crippen molar-refractivity contribution >= 4 is 24.1 Å². The van der Waals surface area contributed by atoms with Gasteiger partial charge in [-0.15, -0.1) is 0 Å². The van der Waals surface area contributed by atoms with E-state index in [1.54, 1.807) is 56.8 Å². The maximum absolute atomic E-state index is 10.2. The van der Waals surface area contributed by atoms with E-state index in [4.69, 9.17) is 9.47 Å². The van der Waals surface area contributed by atoms with E-state index in [-0.39, 0.29) is 11.5 Å². The van der Waals surface area contributed by atoms with Gasteiger partial charge in [-0.25, -0.2) is 0 Å². The van der Waals surface area contributed by atoms with Crippen LogP contribution in [0.5, 0.6) is 23.0 Å². The fourth-order valence-corrected chi connectivity index (χ4v) is 2.94. The van der Waals surface area contributed by atoms with Crippen LogP contribution in [0.15, 0.2) is 53.5 Å². The van der Waals surface area contributed by atoms with Crippen molar-refractivity contribution in [1.82, 2.24) is 0 Å². The van der Waals surface area contributed by atoms with Crippen molar-refractivity contribution in [2.45, 2.75) is 13.8 Å². The number of ether oxygens (including phenoxy) is 2. The Morgan fingerprint density at radius 3 is 1.80 bits per heavy atom. The summed E-state index contributed by atoms with van der Waals surface area (Å²) >= 11 is 0. The summed E-state index contributed by atoms with van der Waals surface area (Å²) in [5.74, 6) is 1.42. The Morgan fingerprint density at radius 1 is 0.700 bits per heavy atom. The normalized spacial score (nSPS) is 11.3. The number of nitrogens with zero attached hydrogens (tertiary/aromatic N) is 1. The minimum Gasteiger partial charge on any atom is -0.507 e. The molecular formula is C25H25NO4. The third-order valence-corrected chi connectivity index (χ3v) is 4.90. The number of aryl methyl sites for hydroxylation is 2. The lowest BCUT2D eigenvalue weighted by Crippen LogP contribution is -1.88. The monoisotopic (exact) mass is 403 g/mol. The SMILES string of the molecule is COc1ccc(C=Nc2cc(C)c(C)cc2/C=C/c2ccc(OC)cc2O)c(O)c1. The molecule has 0 saturated carbocycles. The molecule has 0 unspecified atom stereocenters. The summed E-state index contributed by atoms with van der Waals surface area (Å²) in [6.45, 7) is 4.07. The molecule has 0 atom stereocenters. The average molecular weight is 403 g/mol.